The Bertz CT molecular complexity index is 527. The fourth-order valence-electron chi connectivity index (χ4n) is 1.25. The van der Waals surface area contributed by atoms with Crippen LogP contribution in [0, 0.1) is 0 Å². The minimum Gasteiger partial charge on any atom is -0.455 e. The number of hydrogen-bond acceptors (Lipinski definition) is 5. The molecular weight excluding hydrogens is 208 g/mol. The third-order valence-corrected chi connectivity index (χ3v) is 1.82. The number of fused-ring (bicyclic) bond motifs is 1. The number of aromatic amines is 1. The quantitative estimate of drug-likeness (QED) is 0.733. The number of aromatic nitrogens is 4. The van der Waals surface area contributed by atoms with E-state index in [1.54, 1.807) is 20.8 Å². The second kappa shape index (κ2) is 3.55. The van der Waals surface area contributed by atoms with Gasteiger partial charge in [0.2, 0.25) is 0 Å². The van der Waals surface area contributed by atoms with Crippen LogP contribution in [-0.4, -0.2) is 31.5 Å². The molecule has 0 unspecified atom stereocenters. The summed E-state index contributed by atoms with van der Waals surface area (Å²) in [7, 11) is 0. The van der Waals surface area contributed by atoms with Gasteiger partial charge < -0.3 is 9.72 Å². The van der Waals surface area contributed by atoms with Crippen molar-refractivity contribution < 1.29 is 9.53 Å². The number of carbonyl (C=O) groups excluding carboxylic acids is 1. The maximum absolute atomic E-state index is 11.8. The van der Waals surface area contributed by atoms with E-state index in [0.717, 1.165) is 0 Å². The summed E-state index contributed by atoms with van der Waals surface area (Å²) in [6.07, 6.45) is 2.76. The van der Waals surface area contributed by atoms with Gasteiger partial charge in [0.1, 0.15) is 17.4 Å². The summed E-state index contributed by atoms with van der Waals surface area (Å²) in [5, 5.41) is 0. The third-order valence-electron chi connectivity index (χ3n) is 1.82. The molecule has 6 nitrogen and oxygen atoms in total. The number of hydrogen-bond donors (Lipinski definition) is 1. The van der Waals surface area contributed by atoms with Crippen LogP contribution in [0.15, 0.2) is 12.7 Å². The fourth-order valence-corrected chi connectivity index (χ4v) is 1.25. The van der Waals surface area contributed by atoms with Crippen molar-refractivity contribution in [2.24, 2.45) is 0 Å². The molecule has 6 heteroatoms. The molecule has 0 aliphatic carbocycles. The zero-order valence-electron chi connectivity index (χ0n) is 9.31. The van der Waals surface area contributed by atoms with Gasteiger partial charge in [-0.15, -0.1) is 0 Å². The van der Waals surface area contributed by atoms with E-state index in [9.17, 15) is 4.79 Å². The molecule has 0 fully saturated rings. The molecule has 2 aromatic heterocycles. The van der Waals surface area contributed by atoms with Crippen molar-refractivity contribution in [3.05, 3.63) is 18.3 Å². The smallest absolute Gasteiger partial charge is 0.359 e. The molecular formula is C10H12N4O2. The molecule has 0 radical (unpaired) electrons. The van der Waals surface area contributed by atoms with Gasteiger partial charge in [0.25, 0.3) is 0 Å². The molecule has 0 saturated carbocycles. The molecule has 0 saturated heterocycles. The number of imidazole rings is 1. The molecule has 2 heterocycles. The van der Waals surface area contributed by atoms with Crippen molar-refractivity contribution in [3.63, 3.8) is 0 Å². The van der Waals surface area contributed by atoms with Gasteiger partial charge in [0, 0.05) is 0 Å². The van der Waals surface area contributed by atoms with Gasteiger partial charge in [0.05, 0.1) is 6.33 Å². The average molecular weight is 220 g/mol. The van der Waals surface area contributed by atoms with E-state index in [-0.39, 0.29) is 5.69 Å². The summed E-state index contributed by atoms with van der Waals surface area (Å²) in [6.45, 7) is 5.41. The zero-order valence-corrected chi connectivity index (χ0v) is 9.31. The summed E-state index contributed by atoms with van der Waals surface area (Å²) in [5.74, 6) is -0.482. The Morgan fingerprint density at radius 1 is 1.31 bits per heavy atom. The lowest BCUT2D eigenvalue weighted by molar-refractivity contribution is 0.00650. The van der Waals surface area contributed by atoms with Crippen molar-refractivity contribution in [3.8, 4) is 0 Å². The zero-order chi connectivity index (χ0) is 11.8. The number of rotatable bonds is 1. The van der Waals surface area contributed by atoms with Crippen LogP contribution in [0.5, 0.6) is 0 Å². The summed E-state index contributed by atoms with van der Waals surface area (Å²) >= 11 is 0. The molecule has 2 rings (SSSR count). The lowest BCUT2D eigenvalue weighted by atomic mass is 10.2. The number of nitrogens with zero attached hydrogens (tertiary/aromatic N) is 3. The van der Waals surface area contributed by atoms with Crippen LogP contribution in [0.1, 0.15) is 31.3 Å². The Morgan fingerprint density at radius 3 is 2.75 bits per heavy atom. The van der Waals surface area contributed by atoms with Crippen molar-refractivity contribution in [1.82, 2.24) is 19.9 Å². The standard InChI is InChI=1S/C10H12N4O2/c1-10(2,3)16-9(15)7-6-8(13-4-11-6)14-5-12-7/h4-5H,1-3H3,(H,11,12,13,14). The minimum atomic E-state index is -0.547. The van der Waals surface area contributed by atoms with E-state index in [1.807, 2.05) is 0 Å². The Labute approximate surface area is 92.1 Å². The highest BCUT2D eigenvalue weighted by Crippen LogP contribution is 2.15. The first kappa shape index (κ1) is 10.5. The molecule has 0 spiro atoms. The predicted octanol–water partition coefficient (Wildman–Crippen LogP) is 1.31. The fraction of sp³-hybridized carbons (Fsp3) is 0.400. The van der Waals surface area contributed by atoms with Crippen LogP contribution in [0.25, 0.3) is 11.2 Å². The van der Waals surface area contributed by atoms with Crippen molar-refractivity contribution in [1.29, 1.82) is 0 Å². The number of carbonyl (C=O) groups is 1. The minimum absolute atomic E-state index is 0.206. The molecule has 1 N–H and O–H groups in total. The van der Waals surface area contributed by atoms with Crippen LogP contribution < -0.4 is 0 Å². The lowest BCUT2D eigenvalue weighted by Gasteiger charge is -2.18. The first-order valence-corrected chi connectivity index (χ1v) is 4.85. The Morgan fingerprint density at radius 2 is 2.06 bits per heavy atom. The van der Waals surface area contributed by atoms with Gasteiger partial charge in [-0.1, -0.05) is 0 Å². The number of ether oxygens (including phenoxy) is 1. The van der Waals surface area contributed by atoms with Crippen molar-refractivity contribution in [2.45, 2.75) is 26.4 Å². The molecule has 0 aliphatic rings. The monoisotopic (exact) mass is 220 g/mol. The highest BCUT2D eigenvalue weighted by Gasteiger charge is 2.21. The largest absolute Gasteiger partial charge is 0.455 e. The molecule has 84 valence electrons. The molecule has 0 aliphatic heterocycles. The second-order valence-electron chi connectivity index (χ2n) is 4.33. The summed E-state index contributed by atoms with van der Waals surface area (Å²) in [5.41, 5.74) is 0.610. The topological polar surface area (TPSA) is 80.8 Å². The Kier molecular flexibility index (Phi) is 2.34. The van der Waals surface area contributed by atoms with Crippen LogP contribution in [0.3, 0.4) is 0 Å². The van der Waals surface area contributed by atoms with E-state index in [1.165, 1.54) is 12.7 Å². The highest BCUT2D eigenvalue weighted by atomic mass is 16.6. The average Bonchev–Trinajstić information content (AvgIpc) is 2.61. The number of H-pyrrole nitrogens is 1. The summed E-state index contributed by atoms with van der Waals surface area (Å²) < 4.78 is 5.22. The molecule has 0 bridgehead atoms. The van der Waals surface area contributed by atoms with E-state index >= 15 is 0 Å². The van der Waals surface area contributed by atoms with Crippen LogP contribution in [0.4, 0.5) is 0 Å². The van der Waals surface area contributed by atoms with E-state index < -0.39 is 11.6 Å². The summed E-state index contributed by atoms with van der Waals surface area (Å²) in [6, 6.07) is 0. The van der Waals surface area contributed by atoms with Gasteiger partial charge in [-0.25, -0.2) is 19.7 Å². The number of esters is 1. The number of nitrogens with one attached hydrogen (secondary N) is 1. The van der Waals surface area contributed by atoms with E-state index in [0.29, 0.717) is 11.2 Å². The lowest BCUT2D eigenvalue weighted by Crippen LogP contribution is -2.24. The van der Waals surface area contributed by atoms with Crippen molar-refractivity contribution >= 4 is 17.1 Å². The maximum Gasteiger partial charge on any atom is 0.359 e. The summed E-state index contributed by atoms with van der Waals surface area (Å²) in [4.78, 5) is 26.4. The molecule has 0 amide bonds. The van der Waals surface area contributed by atoms with E-state index in [4.69, 9.17) is 4.74 Å². The van der Waals surface area contributed by atoms with Gasteiger partial charge in [-0.3, -0.25) is 0 Å². The van der Waals surface area contributed by atoms with E-state index in [2.05, 4.69) is 19.9 Å². The molecule has 0 atom stereocenters. The van der Waals surface area contributed by atoms with Gasteiger partial charge in [-0.05, 0) is 20.8 Å². The second-order valence-corrected chi connectivity index (χ2v) is 4.33. The molecule has 0 aromatic carbocycles. The normalized spacial score (nSPS) is 11.7. The Balaban J connectivity index is 2.40. The van der Waals surface area contributed by atoms with Gasteiger partial charge >= 0.3 is 5.97 Å². The molecule has 16 heavy (non-hydrogen) atoms. The van der Waals surface area contributed by atoms with Crippen LogP contribution >= 0.6 is 0 Å². The van der Waals surface area contributed by atoms with Crippen molar-refractivity contribution in [2.75, 3.05) is 0 Å². The SMILES string of the molecule is CC(C)(C)OC(=O)c1ncnc2nc[nH]c12. The van der Waals surface area contributed by atoms with Crippen LogP contribution in [0.2, 0.25) is 0 Å². The molecule has 2 aromatic rings. The first-order chi connectivity index (χ1) is 7.47. The van der Waals surface area contributed by atoms with Gasteiger partial charge in [-0.2, -0.15) is 0 Å². The highest BCUT2D eigenvalue weighted by molar-refractivity contribution is 5.98. The third kappa shape index (κ3) is 2.00. The Hall–Kier alpha value is -1.98. The first-order valence-electron chi connectivity index (χ1n) is 4.85. The van der Waals surface area contributed by atoms with Gasteiger partial charge in [0.15, 0.2) is 11.3 Å². The van der Waals surface area contributed by atoms with Crippen LogP contribution in [-0.2, 0) is 4.74 Å². The predicted molar refractivity (Wildman–Crippen MR) is 56.9 cm³/mol. The maximum atomic E-state index is 11.8.